The summed E-state index contributed by atoms with van der Waals surface area (Å²) in [6.07, 6.45) is 0. The fraction of sp³-hybridized carbons (Fsp3) is 0.214. The number of benzene rings is 3. The number of likely N-dealkylation sites (N-methyl/N-ethyl adjacent to an activating group) is 1. The van der Waals surface area contributed by atoms with Gasteiger partial charge in [0.15, 0.2) is 10.1 Å². The van der Waals surface area contributed by atoms with Gasteiger partial charge >= 0.3 is 0 Å². The molecule has 0 aliphatic carbocycles. The SMILES string of the molecule is CN1CCN(C(=O)c2ccccc2C(=O)Nc2ccc3nc(SCC(=O)c4ccccc4)sc3c2)CC1. The predicted octanol–water partition coefficient (Wildman–Crippen LogP) is 4.91. The number of fused-ring (bicyclic) bond motifs is 1. The van der Waals surface area contributed by atoms with Gasteiger partial charge in [0.25, 0.3) is 11.8 Å². The Bertz CT molecular complexity index is 1450. The molecule has 1 saturated heterocycles. The van der Waals surface area contributed by atoms with Gasteiger partial charge in [0.1, 0.15) is 0 Å². The van der Waals surface area contributed by atoms with Gasteiger partial charge in [-0.2, -0.15) is 0 Å². The summed E-state index contributed by atoms with van der Waals surface area (Å²) in [6, 6.07) is 21.7. The van der Waals surface area contributed by atoms with Crippen LogP contribution < -0.4 is 5.32 Å². The molecule has 3 aromatic carbocycles. The molecular formula is C28H26N4O3S2. The predicted molar refractivity (Wildman–Crippen MR) is 149 cm³/mol. The van der Waals surface area contributed by atoms with Gasteiger partial charge in [0, 0.05) is 37.4 Å². The summed E-state index contributed by atoms with van der Waals surface area (Å²) >= 11 is 2.89. The number of hydrogen-bond donors (Lipinski definition) is 1. The summed E-state index contributed by atoms with van der Waals surface area (Å²) in [5.74, 6) is -0.0815. The largest absolute Gasteiger partial charge is 0.336 e. The van der Waals surface area contributed by atoms with Crippen LogP contribution in [0, 0.1) is 0 Å². The van der Waals surface area contributed by atoms with Gasteiger partial charge in [-0.3, -0.25) is 14.4 Å². The molecule has 1 N–H and O–H groups in total. The molecule has 37 heavy (non-hydrogen) atoms. The van der Waals surface area contributed by atoms with Gasteiger partial charge in [-0.1, -0.05) is 54.2 Å². The zero-order valence-electron chi connectivity index (χ0n) is 20.3. The minimum Gasteiger partial charge on any atom is -0.336 e. The van der Waals surface area contributed by atoms with Gasteiger partial charge in [0.2, 0.25) is 0 Å². The van der Waals surface area contributed by atoms with E-state index in [1.54, 1.807) is 35.2 Å². The first kappa shape index (κ1) is 25.1. The highest BCUT2D eigenvalue weighted by molar-refractivity contribution is 8.01. The van der Waals surface area contributed by atoms with E-state index >= 15 is 0 Å². The average molecular weight is 531 g/mol. The van der Waals surface area contributed by atoms with Gasteiger partial charge in [-0.15, -0.1) is 11.3 Å². The van der Waals surface area contributed by atoms with E-state index in [1.807, 2.05) is 49.5 Å². The maximum atomic E-state index is 13.2. The number of carbonyl (C=O) groups excluding carboxylic acids is 3. The van der Waals surface area contributed by atoms with E-state index < -0.39 is 0 Å². The standard InChI is InChI=1S/C28H26N4O3S2/c1-31-13-15-32(16-14-31)27(35)22-10-6-5-9-21(22)26(34)29-20-11-12-23-25(17-20)37-28(30-23)36-18-24(33)19-7-3-2-4-8-19/h2-12,17H,13-16,18H2,1H3,(H,29,34). The Morgan fingerprint density at radius 2 is 1.62 bits per heavy atom. The normalized spacial score (nSPS) is 14.0. The first-order valence-electron chi connectivity index (χ1n) is 12.0. The second-order valence-corrected chi connectivity index (χ2v) is 11.1. The van der Waals surface area contributed by atoms with E-state index in [0.29, 0.717) is 41.2 Å². The van der Waals surface area contributed by atoms with Crippen LogP contribution in [0.3, 0.4) is 0 Å². The molecule has 1 aromatic heterocycles. The highest BCUT2D eigenvalue weighted by atomic mass is 32.2. The Kier molecular flexibility index (Phi) is 7.64. The fourth-order valence-corrected chi connectivity index (χ4v) is 6.13. The molecule has 4 aromatic rings. The van der Waals surface area contributed by atoms with Crippen LogP contribution in [0.2, 0.25) is 0 Å². The van der Waals surface area contributed by atoms with E-state index in [1.165, 1.54) is 23.1 Å². The van der Waals surface area contributed by atoms with Gasteiger partial charge in [-0.05, 0) is 37.4 Å². The molecule has 0 saturated carbocycles. The van der Waals surface area contributed by atoms with Crippen LogP contribution in [0.4, 0.5) is 5.69 Å². The fourth-order valence-electron chi connectivity index (χ4n) is 4.12. The van der Waals surface area contributed by atoms with Crippen molar-refractivity contribution in [3.8, 4) is 0 Å². The van der Waals surface area contributed by atoms with Gasteiger partial charge < -0.3 is 15.1 Å². The van der Waals surface area contributed by atoms with Crippen LogP contribution in [-0.2, 0) is 0 Å². The maximum absolute atomic E-state index is 13.2. The topological polar surface area (TPSA) is 82.6 Å². The lowest BCUT2D eigenvalue weighted by molar-refractivity contribution is 0.0660. The lowest BCUT2D eigenvalue weighted by atomic mass is 10.0. The molecule has 0 radical (unpaired) electrons. The minimum absolute atomic E-state index is 0.0580. The van der Waals surface area contributed by atoms with E-state index in [2.05, 4.69) is 15.2 Å². The van der Waals surface area contributed by atoms with Crippen molar-refractivity contribution in [2.75, 3.05) is 44.3 Å². The maximum Gasteiger partial charge on any atom is 0.256 e. The summed E-state index contributed by atoms with van der Waals surface area (Å²) in [5.41, 5.74) is 2.88. The molecular weight excluding hydrogens is 504 g/mol. The lowest BCUT2D eigenvalue weighted by Crippen LogP contribution is -2.47. The summed E-state index contributed by atoms with van der Waals surface area (Å²) in [6.45, 7) is 2.92. The van der Waals surface area contributed by atoms with E-state index in [-0.39, 0.29) is 17.6 Å². The van der Waals surface area contributed by atoms with Crippen LogP contribution in [0.1, 0.15) is 31.1 Å². The highest BCUT2D eigenvalue weighted by Gasteiger charge is 2.24. The summed E-state index contributed by atoms with van der Waals surface area (Å²) < 4.78 is 1.71. The third kappa shape index (κ3) is 5.90. The molecule has 0 unspecified atom stereocenters. The summed E-state index contributed by atoms with van der Waals surface area (Å²) in [5, 5.41) is 2.94. The highest BCUT2D eigenvalue weighted by Crippen LogP contribution is 2.32. The van der Waals surface area contributed by atoms with Crippen LogP contribution in [0.25, 0.3) is 10.2 Å². The number of nitrogens with one attached hydrogen (secondary N) is 1. The Morgan fingerprint density at radius 3 is 2.38 bits per heavy atom. The van der Waals surface area contributed by atoms with Crippen LogP contribution >= 0.6 is 23.1 Å². The molecule has 9 heteroatoms. The van der Waals surface area contributed by atoms with Crippen LogP contribution in [0.15, 0.2) is 77.1 Å². The smallest absolute Gasteiger partial charge is 0.256 e. The molecule has 2 heterocycles. The Morgan fingerprint density at radius 1 is 0.919 bits per heavy atom. The second-order valence-electron chi connectivity index (χ2n) is 8.84. The zero-order valence-corrected chi connectivity index (χ0v) is 22.0. The van der Waals surface area contributed by atoms with E-state index in [4.69, 9.17) is 0 Å². The quantitative estimate of drug-likeness (QED) is 0.270. The van der Waals surface area contributed by atoms with Gasteiger partial charge in [0.05, 0.1) is 27.1 Å². The summed E-state index contributed by atoms with van der Waals surface area (Å²) in [7, 11) is 2.04. The zero-order chi connectivity index (χ0) is 25.8. The molecule has 5 rings (SSSR count). The molecule has 188 valence electrons. The third-order valence-corrected chi connectivity index (χ3v) is 8.40. The van der Waals surface area contributed by atoms with Crippen molar-refractivity contribution in [2.45, 2.75) is 4.34 Å². The van der Waals surface area contributed by atoms with Crippen molar-refractivity contribution in [1.29, 1.82) is 0 Å². The first-order chi connectivity index (χ1) is 18.0. The third-order valence-electron chi connectivity index (χ3n) is 6.24. The number of amides is 2. The molecule has 0 spiro atoms. The van der Waals surface area contributed by atoms with Crippen molar-refractivity contribution in [3.05, 3.63) is 89.5 Å². The number of rotatable bonds is 7. The Balaban J connectivity index is 1.27. The molecule has 1 fully saturated rings. The van der Waals surface area contributed by atoms with E-state index in [0.717, 1.165) is 27.6 Å². The van der Waals surface area contributed by atoms with Crippen molar-refractivity contribution in [1.82, 2.24) is 14.8 Å². The molecule has 2 amide bonds. The molecule has 0 bridgehead atoms. The number of piperazine rings is 1. The lowest BCUT2D eigenvalue weighted by Gasteiger charge is -2.32. The number of carbonyl (C=O) groups is 3. The monoisotopic (exact) mass is 530 g/mol. The van der Waals surface area contributed by atoms with Crippen LogP contribution in [0.5, 0.6) is 0 Å². The van der Waals surface area contributed by atoms with E-state index in [9.17, 15) is 14.4 Å². The van der Waals surface area contributed by atoms with Crippen molar-refractivity contribution in [2.24, 2.45) is 0 Å². The summed E-state index contributed by atoms with van der Waals surface area (Å²) in [4.78, 5) is 47.4. The Labute approximate surface area is 223 Å². The molecule has 7 nitrogen and oxygen atoms in total. The number of Topliss-reactive ketones (excluding diaryl/α,β-unsaturated/α-hetero) is 1. The van der Waals surface area contributed by atoms with Crippen molar-refractivity contribution in [3.63, 3.8) is 0 Å². The number of anilines is 1. The van der Waals surface area contributed by atoms with Crippen molar-refractivity contribution < 1.29 is 14.4 Å². The number of ketones is 1. The molecule has 1 aliphatic rings. The van der Waals surface area contributed by atoms with Gasteiger partial charge in [-0.25, -0.2) is 4.98 Å². The van der Waals surface area contributed by atoms with Crippen LogP contribution in [-0.4, -0.2) is 71.4 Å². The first-order valence-corrected chi connectivity index (χ1v) is 13.8. The molecule has 1 aliphatic heterocycles. The Hall–Kier alpha value is -3.53. The second kappa shape index (κ2) is 11.2. The molecule has 0 atom stereocenters. The van der Waals surface area contributed by atoms with Crippen molar-refractivity contribution >= 4 is 56.6 Å². The number of aromatic nitrogens is 1. The number of nitrogens with zero attached hydrogens (tertiary/aromatic N) is 3. The number of thiazole rings is 1. The average Bonchev–Trinajstić information content (AvgIpc) is 3.34. The number of thioether (sulfide) groups is 1. The number of hydrogen-bond acceptors (Lipinski definition) is 7. The minimum atomic E-state index is -0.329.